The van der Waals surface area contributed by atoms with Crippen LogP contribution in [0.3, 0.4) is 0 Å². The lowest BCUT2D eigenvalue weighted by atomic mass is 9.84. The third kappa shape index (κ3) is 10.8. The van der Waals surface area contributed by atoms with E-state index < -0.39 is 29.1 Å². The van der Waals surface area contributed by atoms with Gasteiger partial charge in [-0.3, -0.25) is 9.59 Å². The van der Waals surface area contributed by atoms with Crippen molar-refractivity contribution in [2.45, 2.75) is 82.6 Å². The molecule has 0 aromatic heterocycles. The number of nitrogens with one attached hydrogen (secondary N) is 2. The Labute approximate surface area is 263 Å². The molecule has 1 saturated carbocycles. The Kier molecular flexibility index (Phi) is 13.7. The number of rotatable bonds is 15. The lowest BCUT2D eigenvalue weighted by molar-refractivity contribution is -0.135. The first kappa shape index (κ1) is 34.3. The van der Waals surface area contributed by atoms with Crippen molar-refractivity contribution in [1.29, 1.82) is 0 Å². The summed E-state index contributed by atoms with van der Waals surface area (Å²) in [6.07, 6.45) is 6.62. The molecule has 10 heteroatoms. The van der Waals surface area contributed by atoms with E-state index in [0.717, 1.165) is 49.7 Å². The molecule has 1 fully saturated rings. The van der Waals surface area contributed by atoms with Gasteiger partial charge in [-0.25, -0.2) is 4.79 Å². The zero-order valence-electron chi connectivity index (χ0n) is 25.4. The molecule has 0 bridgehead atoms. The standard InChI is InChI=1S/C33H44ClN3O5Si/c1-24(30(39)37(2)18-17-25-11-6-4-7-12-25)19-29(22-38)35-31(40)33(43-3,21-26-13-8-5-9-14-26)36-32(41)42-23-27-15-10-16-28(34)20-27/h4,6-7,10-12,15-16,20,22,24,26,29H,5,8-9,13-14,17-19,21,23H2,1-3H3,(H,35,40)(H,36,41)/t24?,29-,33-/m0/s1. The zero-order chi connectivity index (χ0) is 31.2. The summed E-state index contributed by atoms with van der Waals surface area (Å²) in [7, 11) is 1.78. The number of likely N-dealkylation sites (N-methyl/N-ethyl adjacent to an activating group) is 1. The van der Waals surface area contributed by atoms with Gasteiger partial charge >= 0.3 is 6.09 Å². The minimum atomic E-state index is -1.23. The molecule has 8 nitrogen and oxygen atoms in total. The summed E-state index contributed by atoms with van der Waals surface area (Å²) in [4.78, 5) is 53.8. The predicted molar refractivity (Wildman–Crippen MR) is 170 cm³/mol. The van der Waals surface area contributed by atoms with Gasteiger partial charge in [-0.05, 0) is 48.4 Å². The van der Waals surface area contributed by atoms with Crippen LogP contribution < -0.4 is 10.6 Å². The van der Waals surface area contributed by atoms with Gasteiger partial charge in [0.05, 0.1) is 15.6 Å². The highest BCUT2D eigenvalue weighted by Gasteiger charge is 2.42. The fourth-order valence-corrected chi connectivity index (χ4v) is 6.87. The molecule has 2 N–H and O–H groups in total. The van der Waals surface area contributed by atoms with Crippen LogP contribution in [0.5, 0.6) is 0 Å². The maximum Gasteiger partial charge on any atom is 0.408 e. The van der Waals surface area contributed by atoms with Crippen molar-refractivity contribution < 1.29 is 23.9 Å². The van der Waals surface area contributed by atoms with E-state index in [0.29, 0.717) is 24.3 Å². The molecule has 43 heavy (non-hydrogen) atoms. The average molecular weight is 626 g/mol. The van der Waals surface area contributed by atoms with Crippen LogP contribution in [0, 0.1) is 11.8 Å². The number of halogens is 1. The minimum absolute atomic E-state index is 0.00866. The topological polar surface area (TPSA) is 105 Å². The summed E-state index contributed by atoms with van der Waals surface area (Å²) in [5.41, 5.74) is 1.87. The number of aldehydes is 1. The number of carbonyl (C=O) groups is 4. The normalized spacial score (nSPS) is 16.3. The highest BCUT2D eigenvalue weighted by Crippen LogP contribution is 2.31. The van der Waals surface area contributed by atoms with Gasteiger partial charge in [0.15, 0.2) is 0 Å². The van der Waals surface area contributed by atoms with E-state index in [4.69, 9.17) is 16.3 Å². The summed E-state index contributed by atoms with van der Waals surface area (Å²) in [6.45, 7) is 4.21. The van der Waals surface area contributed by atoms with Crippen molar-refractivity contribution in [2.24, 2.45) is 11.8 Å². The first-order chi connectivity index (χ1) is 20.7. The number of hydrogen-bond acceptors (Lipinski definition) is 5. The fourth-order valence-electron chi connectivity index (χ4n) is 5.64. The Bertz CT molecular complexity index is 1210. The van der Waals surface area contributed by atoms with E-state index in [-0.39, 0.29) is 34.4 Å². The second-order valence-electron chi connectivity index (χ2n) is 11.5. The van der Waals surface area contributed by atoms with Crippen LogP contribution in [0.1, 0.15) is 63.0 Å². The summed E-state index contributed by atoms with van der Waals surface area (Å²) >= 11 is 6.05. The van der Waals surface area contributed by atoms with Gasteiger partial charge in [0.1, 0.15) is 18.1 Å². The summed E-state index contributed by atoms with van der Waals surface area (Å²) < 4.78 is 5.48. The van der Waals surface area contributed by atoms with E-state index in [2.05, 4.69) is 10.6 Å². The number of alkyl carbamates (subject to hydrolysis) is 1. The molecule has 3 atom stereocenters. The lowest BCUT2D eigenvalue weighted by Crippen LogP contribution is -2.64. The molecule has 1 unspecified atom stereocenters. The Hall–Kier alpha value is -3.17. The van der Waals surface area contributed by atoms with E-state index in [9.17, 15) is 19.2 Å². The molecule has 232 valence electrons. The first-order valence-electron chi connectivity index (χ1n) is 15.1. The monoisotopic (exact) mass is 625 g/mol. The van der Waals surface area contributed by atoms with Crippen molar-refractivity contribution >= 4 is 45.3 Å². The molecule has 2 aromatic rings. The van der Waals surface area contributed by atoms with Gasteiger partial charge in [-0.1, -0.05) is 99.6 Å². The Morgan fingerprint density at radius 3 is 2.44 bits per heavy atom. The van der Waals surface area contributed by atoms with Crippen molar-refractivity contribution in [3.8, 4) is 0 Å². The van der Waals surface area contributed by atoms with Crippen LogP contribution in [0.4, 0.5) is 4.79 Å². The smallest absolute Gasteiger partial charge is 0.408 e. The summed E-state index contributed by atoms with van der Waals surface area (Å²) in [5.74, 6) is -0.726. The second-order valence-corrected chi connectivity index (χ2v) is 13.3. The van der Waals surface area contributed by atoms with E-state index >= 15 is 0 Å². The average Bonchev–Trinajstić information content (AvgIpc) is 3.02. The van der Waals surface area contributed by atoms with Gasteiger partial charge < -0.3 is 25.1 Å². The van der Waals surface area contributed by atoms with Crippen molar-refractivity contribution in [2.75, 3.05) is 13.6 Å². The molecule has 2 aromatic carbocycles. The molecule has 1 aliphatic rings. The van der Waals surface area contributed by atoms with Gasteiger partial charge in [0.25, 0.3) is 0 Å². The Morgan fingerprint density at radius 1 is 1.09 bits per heavy atom. The minimum Gasteiger partial charge on any atom is -0.445 e. The first-order valence-corrected chi connectivity index (χ1v) is 17.0. The van der Waals surface area contributed by atoms with E-state index in [1.165, 1.54) is 0 Å². The van der Waals surface area contributed by atoms with Crippen LogP contribution in [0.2, 0.25) is 11.6 Å². The van der Waals surface area contributed by atoms with Crippen LogP contribution in [0.25, 0.3) is 0 Å². The van der Waals surface area contributed by atoms with Crippen molar-refractivity contribution in [1.82, 2.24) is 15.5 Å². The third-order valence-electron chi connectivity index (χ3n) is 8.17. The van der Waals surface area contributed by atoms with Gasteiger partial charge in [-0.2, -0.15) is 0 Å². The Balaban J connectivity index is 1.65. The quantitative estimate of drug-likeness (QED) is 0.204. The molecule has 3 rings (SSSR count). The fraction of sp³-hybridized carbons (Fsp3) is 0.515. The summed E-state index contributed by atoms with van der Waals surface area (Å²) in [5, 5.41) is 5.05. The van der Waals surface area contributed by atoms with Crippen molar-refractivity contribution in [3.05, 3.63) is 70.7 Å². The number of benzene rings is 2. The van der Waals surface area contributed by atoms with E-state index in [1.54, 1.807) is 43.1 Å². The predicted octanol–water partition coefficient (Wildman–Crippen LogP) is 5.40. The highest BCUT2D eigenvalue weighted by molar-refractivity contribution is 6.46. The number of amides is 3. The number of nitrogens with zero attached hydrogens (tertiary/aromatic N) is 1. The van der Waals surface area contributed by atoms with Crippen LogP contribution in [-0.2, 0) is 32.1 Å². The molecule has 3 amide bonds. The molecule has 0 heterocycles. The molecule has 1 aliphatic carbocycles. The van der Waals surface area contributed by atoms with Crippen molar-refractivity contribution in [3.63, 3.8) is 0 Å². The SMILES string of the molecule is C[Si][C@](CC1CCCCC1)(NC(=O)OCc1cccc(Cl)c1)C(=O)N[C@H](C=O)CC(C)C(=O)N(C)CCc1ccccc1. The number of ether oxygens (including phenoxy) is 1. The second kappa shape index (κ2) is 17.2. The third-order valence-corrected chi connectivity index (χ3v) is 9.82. The van der Waals surface area contributed by atoms with Crippen LogP contribution in [0.15, 0.2) is 54.6 Å². The zero-order valence-corrected chi connectivity index (χ0v) is 27.2. The van der Waals surface area contributed by atoms with Crippen LogP contribution in [-0.4, -0.2) is 63.4 Å². The number of carbonyl (C=O) groups excluding carboxylic acids is 4. The van der Waals surface area contributed by atoms with Gasteiger partial charge in [0, 0.05) is 24.5 Å². The molecule has 0 aliphatic heterocycles. The van der Waals surface area contributed by atoms with Gasteiger partial charge in [-0.15, -0.1) is 0 Å². The summed E-state index contributed by atoms with van der Waals surface area (Å²) in [6, 6.07) is 16.1. The molecular weight excluding hydrogens is 582 g/mol. The molecular formula is C33H44ClN3O5Si. The lowest BCUT2D eigenvalue weighted by Gasteiger charge is -2.37. The largest absolute Gasteiger partial charge is 0.445 e. The van der Waals surface area contributed by atoms with Crippen LogP contribution >= 0.6 is 11.6 Å². The highest BCUT2D eigenvalue weighted by atomic mass is 35.5. The van der Waals surface area contributed by atoms with Gasteiger partial charge in [0.2, 0.25) is 11.8 Å². The maximum atomic E-state index is 13.9. The Morgan fingerprint density at radius 2 is 1.79 bits per heavy atom. The molecule has 0 saturated heterocycles. The molecule has 2 radical (unpaired) electrons. The molecule has 0 spiro atoms. The van der Waals surface area contributed by atoms with E-state index in [1.807, 2.05) is 36.9 Å². The maximum absolute atomic E-state index is 13.9. The number of hydrogen-bond donors (Lipinski definition) is 2.